The van der Waals surface area contributed by atoms with Crippen molar-refractivity contribution in [1.29, 1.82) is 0 Å². The van der Waals surface area contributed by atoms with Crippen LogP contribution in [0, 0.1) is 19.8 Å². The molecular weight excluding hydrogens is 276 g/mol. The summed E-state index contributed by atoms with van der Waals surface area (Å²) >= 11 is 0. The number of hydrogen-bond donors (Lipinski definition) is 2. The second kappa shape index (κ2) is 5.35. The molecule has 0 radical (unpaired) electrons. The molecule has 5 nitrogen and oxygen atoms in total. The summed E-state index contributed by atoms with van der Waals surface area (Å²) in [6, 6.07) is 3.46. The van der Waals surface area contributed by atoms with Gasteiger partial charge in [-0.2, -0.15) is 4.31 Å². The summed E-state index contributed by atoms with van der Waals surface area (Å²) < 4.78 is 27.0. The lowest BCUT2D eigenvalue weighted by Crippen LogP contribution is -2.31. The number of benzene rings is 1. The first-order valence-electron chi connectivity index (χ1n) is 6.79. The van der Waals surface area contributed by atoms with E-state index < -0.39 is 16.1 Å². The minimum Gasteiger partial charge on any atom is -0.398 e. The van der Waals surface area contributed by atoms with Crippen LogP contribution < -0.4 is 5.73 Å². The van der Waals surface area contributed by atoms with Gasteiger partial charge in [-0.15, -0.1) is 0 Å². The molecule has 1 aliphatic heterocycles. The molecule has 0 spiro atoms. The van der Waals surface area contributed by atoms with Crippen molar-refractivity contribution in [3.05, 3.63) is 23.3 Å². The van der Waals surface area contributed by atoms with E-state index in [9.17, 15) is 13.5 Å². The molecule has 6 heteroatoms. The van der Waals surface area contributed by atoms with Crippen molar-refractivity contribution in [3.63, 3.8) is 0 Å². The van der Waals surface area contributed by atoms with Crippen molar-refractivity contribution in [2.24, 2.45) is 5.92 Å². The zero-order chi connectivity index (χ0) is 15.1. The summed E-state index contributed by atoms with van der Waals surface area (Å²) in [5.74, 6) is -0.00360. The van der Waals surface area contributed by atoms with Gasteiger partial charge >= 0.3 is 0 Å². The van der Waals surface area contributed by atoms with Crippen LogP contribution in [0.1, 0.15) is 24.5 Å². The van der Waals surface area contributed by atoms with E-state index in [-0.39, 0.29) is 16.5 Å². The first kappa shape index (κ1) is 15.3. The number of nitrogens with two attached hydrogens (primary N) is 1. The van der Waals surface area contributed by atoms with Crippen molar-refractivity contribution in [2.75, 3.05) is 18.8 Å². The van der Waals surface area contributed by atoms with E-state index in [1.54, 1.807) is 19.9 Å². The maximum Gasteiger partial charge on any atom is 0.245 e. The Morgan fingerprint density at radius 1 is 1.40 bits per heavy atom. The molecule has 0 bridgehead atoms. The second-order valence-electron chi connectivity index (χ2n) is 5.58. The van der Waals surface area contributed by atoms with E-state index in [1.807, 2.05) is 13.0 Å². The third-order valence-electron chi connectivity index (χ3n) is 4.17. The van der Waals surface area contributed by atoms with Crippen LogP contribution in [0.5, 0.6) is 0 Å². The highest BCUT2D eigenvalue weighted by molar-refractivity contribution is 7.89. The third kappa shape index (κ3) is 2.55. The minimum absolute atomic E-state index is 0.00360. The Morgan fingerprint density at radius 3 is 2.60 bits per heavy atom. The van der Waals surface area contributed by atoms with E-state index in [4.69, 9.17) is 5.73 Å². The van der Waals surface area contributed by atoms with Gasteiger partial charge in [0.1, 0.15) is 4.90 Å². The fourth-order valence-corrected chi connectivity index (χ4v) is 4.55. The molecule has 112 valence electrons. The van der Waals surface area contributed by atoms with E-state index in [1.165, 1.54) is 4.31 Å². The van der Waals surface area contributed by atoms with E-state index >= 15 is 0 Å². The molecule has 1 aliphatic rings. The summed E-state index contributed by atoms with van der Waals surface area (Å²) in [4.78, 5) is 0.212. The monoisotopic (exact) mass is 298 g/mol. The van der Waals surface area contributed by atoms with Gasteiger partial charge in [0.25, 0.3) is 0 Å². The Morgan fingerprint density at radius 2 is 2.05 bits per heavy atom. The Labute approximate surface area is 120 Å². The molecule has 1 saturated heterocycles. The van der Waals surface area contributed by atoms with Crippen LogP contribution in [0.15, 0.2) is 17.0 Å². The van der Waals surface area contributed by atoms with Crippen molar-refractivity contribution in [3.8, 4) is 0 Å². The molecular formula is C14H22N2O3S. The lowest BCUT2D eigenvalue weighted by molar-refractivity contribution is 0.133. The van der Waals surface area contributed by atoms with Gasteiger partial charge in [-0.1, -0.05) is 6.07 Å². The topological polar surface area (TPSA) is 83.6 Å². The van der Waals surface area contributed by atoms with E-state index in [0.717, 1.165) is 5.56 Å². The summed E-state index contributed by atoms with van der Waals surface area (Å²) in [5.41, 5.74) is 7.78. The van der Waals surface area contributed by atoms with E-state index in [0.29, 0.717) is 25.1 Å². The van der Waals surface area contributed by atoms with Crippen molar-refractivity contribution >= 4 is 15.7 Å². The largest absolute Gasteiger partial charge is 0.398 e. The number of nitrogens with zero attached hydrogens (tertiary/aromatic N) is 1. The number of hydrogen-bond acceptors (Lipinski definition) is 4. The highest BCUT2D eigenvalue weighted by atomic mass is 32.2. The molecule has 2 atom stereocenters. The lowest BCUT2D eigenvalue weighted by Gasteiger charge is -2.20. The summed E-state index contributed by atoms with van der Waals surface area (Å²) in [6.07, 6.45) is 0.188. The van der Waals surface area contributed by atoms with Gasteiger partial charge < -0.3 is 10.8 Å². The van der Waals surface area contributed by atoms with Crippen molar-refractivity contribution in [2.45, 2.75) is 38.2 Å². The summed E-state index contributed by atoms with van der Waals surface area (Å²) in [7, 11) is -3.59. The van der Waals surface area contributed by atoms with Gasteiger partial charge in [-0.3, -0.25) is 0 Å². The Kier molecular flexibility index (Phi) is 4.09. The van der Waals surface area contributed by atoms with Crippen molar-refractivity contribution in [1.82, 2.24) is 4.31 Å². The molecule has 0 amide bonds. The summed E-state index contributed by atoms with van der Waals surface area (Å²) in [6.45, 7) is 6.14. The normalized spacial score (nSPS) is 22.1. The molecule has 0 saturated carbocycles. The number of rotatable bonds is 3. The Hall–Kier alpha value is -1.11. The summed E-state index contributed by atoms with van der Waals surface area (Å²) in [5, 5.41) is 9.61. The number of sulfonamides is 1. The molecule has 1 aromatic carbocycles. The zero-order valence-corrected chi connectivity index (χ0v) is 12.9. The van der Waals surface area contributed by atoms with Crippen LogP contribution in [0.25, 0.3) is 0 Å². The Balaban J connectivity index is 2.40. The SMILES string of the molecule is Cc1ccc(N)c(S(=O)(=O)N2CCC(C(C)O)C2)c1C. The zero-order valence-electron chi connectivity index (χ0n) is 12.1. The average molecular weight is 298 g/mol. The number of aliphatic hydroxyl groups excluding tert-OH is 1. The number of aliphatic hydroxyl groups is 1. The van der Waals surface area contributed by atoms with Gasteiger partial charge in [0.2, 0.25) is 10.0 Å². The maximum absolute atomic E-state index is 12.8. The number of anilines is 1. The predicted octanol–water partition coefficient (Wildman–Crippen LogP) is 1.28. The van der Waals surface area contributed by atoms with Crippen LogP contribution in [0.3, 0.4) is 0 Å². The van der Waals surface area contributed by atoms with Crippen LogP contribution in [0.4, 0.5) is 5.69 Å². The molecule has 2 rings (SSSR count). The quantitative estimate of drug-likeness (QED) is 0.823. The van der Waals surface area contributed by atoms with Crippen LogP contribution >= 0.6 is 0 Å². The molecule has 3 N–H and O–H groups in total. The van der Waals surface area contributed by atoms with Crippen molar-refractivity contribution < 1.29 is 13.5 Å². The molecule has 0 aliphatic carbocycles. The Bertz CT molecular complexity index is 611. The fourth-order valence-electron chi connectivity index (χ4n) is 2.65. The van der Waals surface area contributed by atoms with Gasteiger partial charge in [-0.25, -0.2) is 8.42 Å². The smallest absolute Gasteiger partial charge is 0.245 e. The van der Waals surface area contributed by atoms with Crippen LogP contribution in [0.2, 0.25) is 0 Å². The third-order valence-corrected chi connectivity index (χ3v) is 6.24. The molecule has 20 heavy (non-hydrogen) atoms. The number of aryl methyl sites for hydroxylation is 1. The molecule has 1 heterocycles. The molecule has 0 aromatic heterocycles. The molecule has 1 aromatic rings. The maximum atomic E-state index is 12.8. The highest BCUT2D eigenvalue weighted by Crippen LogP contribution is 2.32. The van der Waals surface area contributed by atoms with Crippen LogP contribution in [-0.2, 0) is 10.0 Å². The first-order valence-corrected chi connectivity index (χ1v) is 8.23. The average Bonchev–Trinajstić information content (AvgIpc) is 2.84. The first-order chi connectivity index (χ1) is 9.25. The van der Waals surface area contributed by atoms with Gasteiger partial charge in [0.05, 0.1) is 11.8 Å². The van der Waals surface area contributed by atoms with Gasteiger partial charge in [-0.05, 0) is 50.3 Å². The van der Waals surface area contributed by atoms with E-state index in [2.05, 4.69) is 0 Å². The minimum atomic E-state index is -3.59. The fraction of sp³-hybridized carbons (Fsp3) is 0.571. The lowest BCUT2D eigenvalue weighted by atomic mass is 10.0. The van der Waals surface area contributed by atoms with Gasteiger partial charge in [0.15, 0.2) is 0 Å². The number of nitrogen functional groups attached to an aromatic ring is 1. The molecule has 1 fully saturated rings. The molecule has 2 unspecified atom stereocenters. The highest BCUT2D eigenvalue weighted by Gasteiger charge is 2.36. The second-order valence-corrected chi connectivity index (χ2v) is 7.45. The predicted molar refractivity (Wildman–Crippen MR) is 78.9 cm³/mol. The van der Waals surface area contributed by atoms with Crippen LogP contribution in [-0.4, -0.2) is 37.0 Å². The standard InChI is InChI=1S/C14H22N2O3S/c1-9-4-5-13(15)14(10(9)2)20(18,19)16-7-6-12(8-16)11(3)17/h4-5,11-12,17H,6-8,15H2,1-3H3. The van der Waals surface area contributed by atoms with Gasteiger partial charge in [0, 0.05) is 13.1 Å².